The molecule has 2 rings (SSSR count). The maximum absolute atomic E-state index is 5.29. The number of benzene rings is 1. The first kappa shape index (κ1) is 7.05. The van der Waals surface area contributed by atoms with Gasteiger partial charge < -0.3 is 9.47 Å². The second kappa shape index (κ2) is 2.46. The number of aryl methyl sites for hydroxylation is 1. The third-order valence-corrected chi connectivity index (χ3v) is 1.87. The lowest BCUT2D eigenvalue weighted by Crippen LogP contribution is -1.93. The Labute approximate surface area is 71.1 Å². The van der Waals surface area contributed by atoms with Gasteiger partial charge in [-0.2, -0.15) is 0 Å². The number of rotatable bonds is 0. The molecule has 0 saturated carbocycles. The molecule has 0 aliphatic carbocycles. The second-order valence-electron chi connectivity index (χ2n) is 2.64. The summed E-state index contributed by atoms with van der Waals surface area (Å²) in [6.07, 6.45) is 5.29. The van der Waals surface area contributed by atoms with Crippen molar-refractivity contribution in [3.63, 3.8) is 0 Å². The molecule has 0 N–H and O–H groups in total. The van der Waals surface area contributed by atoms with Gasteiger partial charge in [-0.25, -0.2) is 0 Å². The predicted molar refractivity (Wildman–Crippen MR) is 45.2 cm³/mol. The van der Waals surface area contributed by atoms with E-state index in [0.717, 1.165) is 16.9 Å². The molecule has 0 unspecified atom stereocenters. The van der Waals surface area contributed by atoms with E-state index in [2.05, 4.69) is 5.92 Å². The van der Waals surface area contributed by atoms with Crippen LogP contribution in [0.2, 0.25) is 0 Å². The summed E-state index contributed by atoms with van der Waals surface area (Å²) in [7, 11) is 0. The number of ether oxygens (including phenoxy) is 2. The SMILES string of the molecule is C#Cc1ccc(C)c2c1OCO2. The van der Waals surface area contributed by atoms with Gasteiger partial charge in [0.2, 0.25) is 6.79 Å². The molecule has 1 aliphatic rings. The topological polar surface area (TPSA) is 18.5 Å². The smallest absolute Gasteiger partial charge is 0.231 e. The molecule has 2 nitrogen and oxygen atoms in total. The summed E-state index contributed by atoms with van der Waals surface area (Å²) >= 11 is 0. The average Bonchev–Trinajstić information content (AvgIpc) is 2.54. The Balaban J connectivity index is 2.66. The number of terminal acetylenes is 1. The summed E-state index contributed by atoms with van der Waals surface area (Å²) in [6, 6.07) is 3.80. The van der Waals surface area contributed by atoms with Crippen molar-refractivity contribution in [1.29, 1.82) is 0 Å². The molecule has 0 saturated heterocycles. The van der Waals surface area contributed by atoms with Crippen LogP contribution in [0.1, 0.15) is 11.1 Å². The molecule has 1 heterocycles. The van der Waals surface area contributed by atoms with E-state index >= 15 is 0 Å². The van der Waals surface area contributed by atoms with E-state index in [1.807, 2.05) is 19.1 Å². The molecule has 1 aromatic rings. The fraction of sp³-hybridized carbons (Fsp3) is 0.200. The third kappa shape index (κ3) is 0.835. The lowest BCUT2D eigenvalue weighted by Gasteiger charge is -2.01. The molecule has 0 amide bonds. The zero-order valence-electron chi connectivity index (χ0n) is 6.76. The first-order valence-electron chi connectivity index (χ1n) is 3.68. The molecule has 0 atom stereocenters. The minimum atomic E-state index is 0.273. The maximum atomic E-state index is 5.29. The van der Waals surface area contributed by atoms with Crippen molar-refractivity contribution in [3.05, 3.63) is 23.3 Å². The van der Waals surface area contributed by atoms with Crippen LogP contribution in [0, 0.1) is 19.3 Å². The van der Waals surface area contributed by atoms with Crippen LogP contribution < -0.4 is 9.47 Å². The molecule has 0 bridgehead atoms. The van der Waals surface area contributed by atoms with Gasteiger partial charge in [0, 0.05) is 0 Å². The summed E-state index contributed by atoms with van der Waals surface area (Å²) in [6.45, 7) is 2.24. The number of fused-ring (bicyclic) bond motifs is 1. The Morgan fingerprint density at radius 1 is 1.33 bits per heavy atom. The molecule has 0 radical (unpaired) electrons. The normalized spacial score (nSPS) is 12.7. The Kier molecular flexibility index (Phi) is 1.44. The third-order valence-electron chi connectivity index (χ3n) is 1.87. The van der Waals surface area contributed by atoms with E-state index in [1.54, 1.807) is 0 Å². The summed E-state index contributed by atoms with van der Waals surface area (Å²) in [5, 5.41) is 0. The van der Waals surface area contributed by atoms with Crippen LogP contribution in [0.4, 0.5) is 0 Å². The van der Waals surface area contributed by atoms with Gasteiger partial charge in [0.05, 0.1) is 5.56 Å². The summed E-state index contributed by atoms with van der Waals surface area (Å²) in [4.78, 5) is 0. The summed E-state index contributed by atoms with van der Waals surface area (Å²) in [5.41, 5.74) is 1.81. The average molecular weight is 160 g/mol. The highest BCUT2D eigenvalue weighted by Crippen LogP contribution is 2.37. The Bertz CT molecular complexity index is 361. The highest BCUT2D eigenvalue weighted by molar-refractivity contribution is 5.58. The molecule has 0 spiro atoms. The van der Waals surface area contributed by atoms with E-state index in [1.165, 1.54) is 0 Å². The van der Waals surface area contributed by atoms with Gasteiger partial charge >= 0.3 is 0 Å². The molecule has 2 heteroatoms. The van der Waals surface area contributed by atoms with Gasteiger partial charge in [-0.3, -0.25) is 0 Å². The van der Waals surface area contributed by atoms with Crippen LogP contribution in [-0.2, 0) is 0 Å². The molecule has 0 fully saturated rings. The fourth-order valence-electron chi connectivity index (χ4n) is 1.24. The lowest BCUT2D eigenvalue weighted by molar-refractivity contribution is 0.173. The zero-order chi connectivity index (χ0) is 8.55. The predicted octanol–water partition coefficient (Wildman–Crippen LogP) is 1.71. The van der Waals surface area contributed by atoms with E-state index in [9.17, 15) is 0 Å². The van der Waals surface area contributed by atoms with Gasteiger partial charge in [0.25, 0.3) is 0 Å². The van der Waals surface area contributed by atoms with Crippen molar-refractivity contribution in [1.82, 2.24) is 0 Å². The van der Waals surface area contributed by atoms with Crippen LogP contribution in [-0.4, -0.2) is 6.79 Å². The van der Waals surface area contributed by atoms with Gasteiger partial charge in [-0.15, -0.1) is 6.42 Å². The molecule has 60 valence electrons. The number of hydrogen-bond acceptors (Lipinski definition) is 2. The molecule has 0 aromatic heterocycles. The Morgan fingerprint density at radius 3 is 2.83 bits per heavy atom. The van der Waals surface area contributed by atoms with Gasteiger partial charge in [-0.1, -0.05) is 12.0 Å². The zero-order valence-corrected chi connectivity index (χ0v) is 6.76. The highest BCUT2D eigenvalue weighted by atomic mass is 16.7. The van der Waals surface area contributed by atoms with Crippen molar-refractivity contribution in [3.8, 4) is 23.8 Å². The van der Waals surface area contributed by atoms with Gasteiger partial charge in [0.15, 0.2) is 11.5 Å². The fourth-order valence-corrected chi connectivity index (χ4v) is 1.24. The molecular formula is C10H8O2. The van der Waals surface area contributed by atoms with Crippen LogP contribution in [0.25, 0.3) is 0 Å². The van der Waals surface area contributed by atoms with Crippen LogP contribution in [0.3, 0.4) is 0 Å². The van der Waals surface area contributed by atoms with Crippen molar-refractivity contribution in [2.45, 2.75) is 6.92 Å². The standard InChI is InChI=1S/C10H8O2/c1-3-8-5-4-7(2)9-10(8)12-6-11-9/h1,4-5H,6H2,2H3. The van der Waals surface area contributed by atoms with Crippen molar-refractivity contribution in [2.75, 3.05) is 6.79 Å². The molecule has 1 aliphatic heterocycles. The second-order valence-corrected chi connectivity index (χ2v) is 2.64. The van der Waals surface area contributed by atoms with E-state index in [4.69, 9.17) is 15.9 Å². The Hall–Kier alpha value is -1.62. The first-order valence-corrected chi connectivity index (χ1v) is 3.68. The quantitative estimate of drug-likeness (QED) is 0.538. The maximum Gasteiger partial charge on any atom is 0.231 e. The molecular weight excluding hydrogens is 152 g/mol. The van der Waals surface area contributed by atoms with Crippen molar-refractivity contribution >= 4 is 0 Å². The molecule has 12 heavy (non-hydrogen) atoms. The van der Waals surface area contributed by atoms with E-state index in [-0.39, 0.29) is 6.79 Å². The number of hydrogen-bond donors (Lipinski definition) is 0. The van der Waals surface area contributed by atoms with Crippen LogP contribution in [0.5, 0.6) is 11.5 Å². The monoisotopic (exact) mass is 160 g/mol. The van der Waals surface area contributed by atoms with E-state index < -0.39 is 0 Å². The Morgan fingerprint density at radius 2 is 2.08 bits per heavy atom. The van der Waals surface area contributed by atoms with E-state index in [0.29, 0.717) is 5.75 Å². The minimum absolute atomic E-state index is 0.273. The van der Waals surface area contributed by atoms with Crippen LogP contribution in [0.15, 0.2) is 12.1 Å². The van der Waals surface area contributed by atoms with Gasteiger partial charge in [0.1, 0.15) is 0 Å². The highest BCUT2D eigenvalue weighted by Gasteiger charge is 2.18. The van der Waals surface area contributed by atoms with Crippen molar-refractivity contribution < 1.29 is 9.47 Å². The summed E-state index contributed by atoms with van der Waals surface area (Å²) < 4.78 is 10.5. The van der Waals surface area contributed by atoms with Crippen LogP contribution >= 0.6 is 0 Å². The van der Waals surface area contributed by atoms with Crippen molar-refractivity contribution in [2.24, 2.45) is 0 Å². The first-order chi connectivity index (χ1) is 5.83. The lowest BCUT2D eigenvalue weighted by atomic mass is 10.1. The largest absolute Gasteiger partial charge is 0.453 e. The summed E-state index contributed by atoms with van der Waals surface area (Å²) in [5.74, 6) is 4.04. The molecule has 1 aromatic carbocycles. The minimum Gasteiger partial charge on any atom is -0.453 e. The van der Waals surface area contributed by atoms with Gasteiger partial charge in [-0.05, 0) is 18.6 Å².